The molecule has 0 aliphatic rings. The number of hydrogen-bond donors (Lipinski definition) is 2. The summed E-state index contributed by atoms with van der Waals surface area (Å²) in [6, 6.07) is 4.55. The SMILES string of the molecule is CC(C)(C)OC(=O)N(O)[C@@H](CCO)c1ccc(F)cc1. The summed E-state index contributed by atoms with van der Waals surface area (Å²) in [5, 5.41) is 19.4. The molecule has 112 valence electrons. The van der Waals surface area contributed by atoms with E-state index in [2.05, 4.69) is 0 Å². The molecule has 0 aliphatic carbocycles. The Balaban J connectivity index is 2.90. The van der Waals surface area contributed by atoms with E-state index in [1.165, 1.54) is 24.3 Å². The lowest BCUT2D eigenvalue weighted by Crippen LogP contribution is -2.37. The molecule has 1 rings (SSSR count). The molecule has 0 aromatic heterocycles. The van der Waals surface area contributed by atoms with Crippen molar-refractivity contribution in [1.29, 1.82) is 0 Å². The van der Waals surface area contributed by atoms with Crippen LogP contribution in [0.15, 0.2) is 24.3 Å². The van der Waals surface area contributed by atoms with Gasteiger partial charge >= 0.3 is 6.09 Å². The second-order valence-corrected chi connectivity index (χ2v) is 5.40. The lowest BCUT2D eigenvalue weighted by atomic mass is 10.0. The van der Waals surface area contributed by atoms with Crippen molar-refractivity contribution in [1.82, 2.24) is 5.06 Å². The second kappa shape index (κ2) is 6.67. The number of ether oxygens (including phenoxy) is 1. The van der Waals surface area contributed by atoms with E-state index < -0.39 is 23.6 Å². The fourth-order valence-electron chi connectivity index (χ4n) is 1.67. The summed E-state index contributed by atoms with van der Waals surface area (Å²) >= 11 is 0. The van der Waals surface area contributed by atoms with Gasteiger partial charge in [-0.3, -0.25) is 5.21 Å². The standard InChI is InChI=1S/C14H20FNO4/c1-14(2,3)20-13(18)16(19)12(8-9-17)10-4-6-11(15)7-5-10/h4-7,12,17,19H,8-9H2,1-3H3/t12-/m0/s1. The Morgan fingerprint density at radius 1 is 1.35 bits per heavy atom. The van der Waals surface area contributed by atoms with Crippen LogP contribution >= 0.6 is 0 Å². The summed E-state index contributed by atoms with van der Waals surface area (Å²) in [7, 11) is 0. The second-order valence-electron chi connectivity index (χ2n) is 5.40. The monoisotopic (exact) mass is 285 g/mol. The van der Waals surface area contributed by atoms with Crippen LogP contribution in [0.5, 0.6) is 0 Å². The fraction of sp³-hybridized carbons (Fsp3) is 0.500. The third kappa shape index (κ3) is 4.79. The van der Waals surface area contributed by atoms with Gasteiger partial charge in [0.1, 0.15) is 11.4 Å². The van der Waals surface area contributed by atoms with Crippen molar-refractivity contribution in [2.75, 3.05) is 6.61 Å². The molecule has 0 heterocycles. The third-order valence-corrected chi connectivity index (χ3v) is 2.53. The number of amides is 1. The van der Waals surface area contributed by atoms with Crippen LogP contribution in [-0.2, 0) is 4.74 Å². The molecule has 0 bridgehead atoms. The van der Waals surface area contributed by atoms with Gasteiger partial charge in [-0.15, -0.1) is 0 Å². The van der Waals surface area contributed by atoms with E-state index in [1.807, 2.05) is 0 Å². The molecule has 0 saturated carbocycles. The average molecular weight is 285 g/mol. The Kier molecular flexibility index (Phi) is 5.47. The maximum atomic E-state index is 12.9. The van der Waals surface area contributed by atoms with Crippen LogP contribution < -0.4 is 0 Å². The quantitative estimate of drug-likeness (QED) is 0.659. The number of nitrogens with zero attached hydrogens (tertiary/aromatic N) is 1. The van der Waals surface area contributed by atoms with Crippen molar-refractivity contribution >= 4 is 6.09 Å². The van der Waals surface area contributed by atoms with Crippen LogP contribution in [0.3, 0.4) is 0 Å². The Morgan fingerprint density at radius 2 is 1.90 bits per heavy atom. The van der Waals surface area contributed by atoms with Crippen LogP contribution in [-0.4, -0.2) is 33.7 Å². The zero-order valence-electron chi connectivity index (χ0n) is 11.8. The fourth-order valence-corrected chi connectivity index (χ4v) is 1.67. The largest absolute Gasteiger partial charge is 0.442 e. The lowest BCUT2D eigenvalue weighted by molar-refractivity contribution is -0.125. The highest BCUT2D eigenvalue weighted by molar-refractivity contribution is 5.67. The topological polar surface area (TPSA) is 70.0 Å². The summed E-state index contributed by atoms with van der Waals surface area (Å²) in [4.78, 5) is 11.8. The molecule has 0 saturated heterocycles. The zero-order valence-corrected chi connectivity index (χ0v) is 11.8. The van der Waals surface area contributed by atoms with Gasteiger partial charge in [0, 0.05) is 6.61 Å². The van der Waals surface area contributed by atoms with Gasteiger partial charge in [0.05, 0.1) is 6.04 Å². The number of aliphatic hydroxyl groups excluding tert-OH is 1. The maximum Gasteiger partial charge on any atom is 0.434 e. The molecule has 1 amide bonds. The van der Waals surface area contributed by atoms with Crippen molar-refractivity contribution in [3.63, 3.8) is 0 Å². The first kappa shape index (κ1) is 16.4. The lowest BCUT2D eigenvalue weighted by Gasteiger charge is -2.28. The third-order valence-electron chi connectivity index (χ3n) is 2.53. The summed E-state index contributed by atoms with van der Waals surface area (Å²) in [5.41, 5.74) is -0.237. The van der Waals surface area contributed by atoms with Crippen molar-refractivity contribution in [3.8, 4) is 0 Å². The minimum Gasteiger partial charge on any atom is -0.442 e. The molecule has 0 radical (unpaired) electrons. The Bertz CT molecular complexity index is 441. The molecular weight excluding hydrogens is 265 g/mol. The molecule has 1 aromatic rings. The van der Waals surface area contributed by atoms with Gasteiger partial charge in [0.2, 0.25) is 0 Å². The summed E-state index contributed by atoms with van der Waals surface area (Å²) < 4.78 is 18.0. The number of hydroxylamine groups is 2. The van der Waals surface area contributed by atoms with E-state index in [0.717, 1.165) is 0 Å². The number of aliphatic hydroxyl groups is 1. The van der Waals surface area contributed by atoms with Crippen molar-refractivity contribution < 1.29 is 24.2 Å². The predicted octanol–water partition coefficient (Wildman–Crippen LogP) is 2.88. The predicted molar refractivity (Wildman–Crippen MR) is 70.7 cm³/mol. The first-order chi connectivity index (χ1) is 9.24. The van der Waals surface area contributed by atoms with Gasteiger partial charge in [0.25, 0.3) is 0 Å². The number of rotatable bonds is 4. The molecule has 0 fully saturated rings. The van der Waals surface area contributed by atoms with Crippen LogP contribution in [0.2, 0.25) is 0 Å². The Labute approximate surface area is 117 Å². The molecule has 0 aliphatic heterocycles. The first-order valence-electron chi connectivity index (χ1n) is 6.32. The summed E-state index contributed by atoms with van der Waals surface area (Å²) in [6.45, 7) is 4.80. The van der Waals surface area contributed by atoms with E-state index in [0.29, 0.717) is 10.6 Å². The number of halogens is 1. The minimum atomic E-state index is -0.916. The molecule has 1 aromatic carbocycles. The normalized spacial score (nSPS) is 12.9. The van der Waals surface area contributed by atoms with E-state index in [9.17, 15) is 14.4 Å². The smallest absolute Gasteiger partial charge is 0.434 e. The molecular formula is C14H20FNO4. The highest BCUT2D eigenvalue weighted by Gasteiger charge is 2.28. The highest BCUT2D eigenvalue weighted by Crippen LogP contribution is 2.24. The highest BCUT2D eigenvalue weighted by atomic mass is 19.1. The van der Waals surface area contributed by atoms with Crippen LogP contribution in [0.4, 0.5) is 9.18 Å². The van der Waals surface area contributed by atoms with Gasteiger partial charge in [0.15, 0.2) is 0 Å². The van der Waals surface area contributed by atoms with Gasteiger partial charge in [-0.25, -0.2) is 9.18 Å². The maximum absolute atomic E-state index is 12.9. The molecule has 2 N–H and O–H groups in total. The molecule has 1 atom stereocenters. The Morgan fingerprint density at radius 3 is 2.35 bits per heavy atom. The van der Waals surface area contributed by atoms with Crippen molar-refractivity contribution in [2.24, 2.45) is 0 Å². The number of carbonyl (C=O) groups excluding carboxylic acids is 1. The Hall–Kier alpha value is -1.66. The van der Waals surface area contributed by atoms with Crippen molar-refractivity contribution in [2.45, 2.75) is 38.8 Å². The number of hydrogen-bond acceptors (Lipinski definition) is 4. The molecule has 0 unspecified atom stereocenters. The minimum absolute atomic E-state index is 0.112. The average Bonchev–Trinajstić information content (AvgIpc) is 2.34. The zero-order chi connectivity index (χ0) is 15.3. The first-order valence-corrected chi connectivity index (χ1v) is 6.32. The van der Waals surface area contributed by atoms with Gasteiger partial charge in [-0.2, -0.15) is 5.06 Å². The number of benzene rings is 1. The molecule has 0 spiro atoms. The van der Waals surface area contributed by atoms with E-state index in [1.54, 1.807) is 20.8 Å². The van der Waals surface area contributed by atoms with Gasteiger partial charge in [-0.05, 0) is 44.9 Å². The van der Waals surface area contributed by atoms with Crippen LogP contribution in [0, 0.1) is 5.82 Å². The molecule has 6 heteroatoms. The van der Waals surface area contributed by atoms with Crippen LogP contribution in [0.1, 0.15) is 38.8 Å². The van der Waals surface area contributed by atoms with Gasteiger partial charge in [-0.1, -0.05) is 12.1 Å². The van der Waals surface area contributed by atoms with Crippen LogP contribution in [0.25, 0.3) is 0 Å². The summed E-state index contributed by atoms with van der Waals surface area (Å²) in [5.74, 6) is -0.418. The number of carbonyl (C=O) groups is 1. The summed E-state index contributed by atoms with van der Waals surface area (Å²) in [6.07, 6.45) is -0.804. The molecule has 5 nitrogen and oxygen atoms in total. The van der Waals surface area contributed by atoms with E-state index in [-0.39, 0.29) is 13.0 Å². The van der Waals surface area contributed by atoms with E-state index >= 15 is 0 Å². The van der Waals surface area contributed by atoms with Gasteiger partial charge < -0.3 is 9.84 Å². The van der Waals surface area contributed by atoms with E-state index in [4.69, 9.17) is 9.84 Å². The molecule has 20 heavy (non-hydrogen) atoms. The van der Waals surface area contributed by atoms with Crippen molar-refractivity contribution in [3.05, 3.63) is 35.6 Å².